The van der Waals surface area contributed by atoms with Gasteiger partial charge in [-0.2, -0.15) is 0 Å². The van der Waals surface area contributed by atoms with Crippen molar-refractivity contribution < 1.29 is 18.7 Å². The zero-order chi connectivity index (χ0) is 25.2. The molecule has 0 aliphatic carbocycles. The number of carbonyl (C=O) groups excluding carboxylic acids is 2. The summed E-state index contributed by atoms with van der Waals surface area (Å²) in [7, 11) is 0. The summed E-state index contributed by atoms with van der Waals surface area (Å²) >= 11 is 0. The van der Waals surface area contributed by atoms with Crippen LogP contribution in [-0.4, -0.2) is 53.3 Å². The number of ether oxygens (including phenoxy) is 1. The number of ketones is 1. The Morgan fingerprint density at radius 1 is 0.914 bits per heavy atom. The minimum Gasteiger partial charge on any atom is -0.484 e. The molecule has 2 atom stereocenters. The van der Waals surface area contributed by atoms with Gasteiger partial charge in [0, 0.05) is 43.7 Å². The summed E-state index contributed by atoms with van der Waals surface area (Å²) in [5.41, 5.74) is 1.76. The number of carbonyl (C=O) groups is 2. The molecule has 3 rings (SSSR count). The molecule has 0 N–H and O–H groups in total. The lowest BCUT2D eigenvalue weighted by Gasteiger charge is -2.44. The van der Waals surface area contributed by atoms with E-state index in [0.717, 1.165) is 31.5 Å². The molecule has 0 radical (unpaired) electrons. The zero-order valence-corrected chi connectivity index (χ0v) is 21.3. The second-order valence-electron chi connectivity index (χ2n) is 9.70. The van der Waals surface area contributed by atoms with Gasteiger partial charge in [0.2, 0.25) is 0 Å². The third-order valence-corrected chi connectivity index (χ3v) is 6.78. The Morgan fingerprint density at radius 3 is 2.29 bits per heavy atom. The summed E-state index contributed by atoms with van der Waals surface area (Å²) in [4.78, 5) is 29.4. The lowest BCUT2D eigenvalue weighted by Crippen LogP contribution is -2.58. The number of amides is 1. The highest BCUT2D eigenvalue weighted by Gasteiger charge is 2.32. The quantitative estimate of drug-likeness (QED) is 0.280. The van der Waals surface area contributed by atoms with E-state index in [2.05, 4.69) is 18.7 Å². The number of hydrogen-bond donors (Lipinski definition) is 0. The van der Waals surface area contributed by atoms with Gasteiger partial charge in [0.15, 0.2) is 12.4 Å². The van der Waals surface area contributed by atoms with Crippen molar-refractivity contribution in [1.82, 2.24) is 9.80 Å². The van der Waals surface area contributed by atoms with E-state index in [0.29, 0.717) is 24.3 Å². The molecule has 190 valence electrons. The van der Waals surface area contributed by atoms with Gasteiger partial charge in [-0.15, -0.1) is 0 Å². The van der Waals surface area contributed by atoms with Gasteiger partial charge in [-0.3, -0.25) is 14.5 Å². The van der Waals surface area contributed by atoms with Gasteiger partial charge in [-0.1, -0.05) is 44.7 Å². The van der Waals surface area contributed by atoms with Crippen molar-refractivity contribution >= 4 is 11.7 Å². The van der Waals surface area contributed by atoms with Gasteiger partial charge < -0.3 is 9.64 Å². The molecule has 0 aromatic heterocycles. The summed E-state index contributed by atoms with van der Waals surface area (Å²) < 4.78 is 18.9. The standard InChI is InChI=1S/C29H39FN2O3/c1-4-5-6-7-8-9-28(33)25-12-16-27(17-13-25)35-21-29(34)32-19-22(2)31(18-23(32)3)20-24-10-14-26(30)15-11-24/h10-17,22-23H,4-9,18-21H2,1-3H3/t22-,23+/m0/s1. The minimum atomic E-state index is -0.232. The number of halogens is 1. The topological polar surface area (TPSA) is 49.9 Å². The Bertz CT molecular complexity index is 945. The van der Waals surface area contributed by atoms with Crippen molar-refractivity contribution in [2.75, 3.05) is 19.7 Å². The highest BCUT2D eigenvalue weighted by molar-refractivity contribution is 5.96. The van der Waals surface area contributed by atoms with Crippen LogP contribution < -0.4 is 4.74 Å². The Balaban J connectivity index is 1.44. The maximum Gasteiger partial charge on any atom is 0.260 e. The first kappa shape index (κ1) is 26.9. The SMILES string of the molecule is CCCCCCCC(=O)c1ccc(OCC(=O)N2C[C@H](C)N(Cc3ccc(F)cc3)C[C@H]2C)cc1. The van der Waals surface area contributed by atoms with Crippen LogP contribution in [-0.2, 0) is 11.3 Å². The predicted molar refractivity (Wildman–Crippen MR) is 137 cm³/mol. The molecular weight excluding hydrogens is 443 g/mol. The van der Waals surface area contributed by atoms with E-state index in [1.807, 2.05) is 24.0 Å². The first-order chi connectivity index (χ1) is 16.9. The molecule has 1 fully saturated rings. The lowest BCUT2D eigenvalue weighted by atomic mass is 10.0. The Kier molecular flexibility index (Phi) is 10.3. The lowest BCUT2D eigenvalue weighted by molar-refractivity contribution is -0.139. The van der Waals surface area contributed by atoms with Crippen molar-refractivity contribution in [1.29, 1.82) is 0 Å². The number of hydrogen-bond acceptors (Lipinski definition) is 4. The van der Waals surface area contributed by atoms with Crippen molar-refractivity contribution in [2.24, 2.45) is 0 Å². The Hall–Kier alpha value is -2.73. The summed E-state index contributed by atoms with van der Waals surface area (Å²) in [6, 6.07) is 13.9. The fraction of sp³-hybridized carbons (Fsp3) is 0.517. The van der Waals surface area contributed by atoms with Gasteiger partial charge in [0.1, 0.15) is 11.6 Å². The highest BCUT2D eigenvalue weighted by atomic mass is 19.1. The number of rotatable bonds is 12. The van der Waals surface area contributed by atoms with Crippen LogP contribution in [0.15, 0.2) is 48.5 Å². The van der Waals surface area contributed by atoms with Crippen LogP contribution in [0.5, 0.6) is 5.75 Å². The van der Waals surface area contributed by atoms with Crippen LogP contribution in [0.3, 0.4) is 0 Å². The molecule has 1 amide bonds. The van der Waals surface area contributed by atoms with Crippen molar-refractivity contribution in [3.63, 3.8) is 0 Å². The number of nitrogens with zero attached hydrogens (tertiary/aromatic N) is 2. The van der Waals surface area contributed by atoms with Gasteiger partial charge in [0.25, 0.3) is 5.91 Å². The molecule has 1 aliphatic rings. The average molecular weight is 483 g/mol. The maximum atomic E-state index is 13.2. The summed E-state index contributed by atoms with van der Waals surface area (Å²) in [6.07, 6.45) is 6.21. The van der Waals surface area contributed by atoms with E-state index >= 15 is 0 Å². The number of unbranched alkanes of at least 4 members (excludes halogenated alkanes) is 4. The minimum absolute atomic E-state index is 0.0280. The summed E-state index contributed by atoms with van der Waals surface area (Å²) in [5.74, 6) is 0.474. The average Bonchev–Trinajstić information content (AvgIpc) is 2.86. The van der Waals surface area contributed by atoms with Gasteiger partial charge >= 0.3 is 0 Å². The molecule has 0 spiro atoms. The molecule has 1 heterocycles. The van der Waals surface area contributed by atoms with Gasteiger partial charge in [-0.25, -0.2) is 4.39 Å². The van der Waals surface area contributed by atoms with Crippen LogP contribution in [0, 0.1) is 5.82 Å². The fourth-order valence-corrected chi connectivity index (χ4v) is 4.59. The predicted octanol–water partition coefficient (Wildman–Crippen LogP) is 5.87. The first-order valence-corrected chi connectivity index (χ1v) is 12.9. The molecular formula is C29H39FN2O3. The van der Waals surface area contributed by atoms with E-state index in [-0.39, 0.29) is 36.2 Å². The summed E-state index contributed by atoms with van der Waals surface area (Å²) in [5, 5.41) is 0. The third kappa shape index (κ3) is 8.17. The van der Waals surface area contributed by atoms with Crippen LogP contribution in [0.1, 0.15) is 75.2 Å². The normalized spacial score (nSPS) is 18.5. The third-order valence-electron chi connectivity index (χ3n) is 6.78. The monoisotopic (exact) mass is 482 g/mol. The van der Waals surface area contributed by atoms with Crippen LogP contribution in [0.4, 0.5) is 4.39 Å². The fourth-order valence-electron chi connectivity index (χ4n) is 4.59. The van der Waals surface area contributed by atoms with Gasteiger partial charge in [-0.05, 0) is 62.2 Å². The van der Waals surface area contributed by atoms with E-state index in [9.17, 15) is 14.0 Å². The Labute approximate surface area is 209 Å². The van der Waals surface area contributed by atoms with Crippen LogP contribution in [0.2, 0.25) is 0 Å². The number of Topliss-reactive ketones (excluding diaryl/α,β-unsaturated/α-hetero) is 1. The zero-order valence-electron chi connectivity index (χ0n) is 21.3. The molecule has 2 aromatic rings. The molecule has 0 bridgehead atoms. The smallest absolute Gasteiger partial charge is 0.260 e. The molecule has 0 saturated carbocycles. The van der Waals surface area contributed by atoms with Gasteiger partial charge in [0.05, 0.1) is 0 Å². The highest BCUT2D eigenvalue weighted by Crippen LogP contribution is 2.20. The summed E-state index contributed by atoms with van der Waals surface area (Å²) in [6.45, 7) is 8.41. The first-order valence-electron chi connectivity index (χ1n) is 12.9. The van der Waals surface area contributed by atoms with Crippen LogP contribution in [0.25, 0.3) is 0 Å². The Morgan fingerprint density at radius 2 is 1.60 bits per heavy atom. The second kappa shape index (κ2) is 13.4. The van der Waals surface area contributed by atoms with Crippen molar-refractivity contribution in [3.05, 3.63) is 65.5 Å². The van der Waals surface area contributed by atoms with E-state index in [1.54, 1.807) is 24.3 Å². The largest absolute Gasteiger partial charge is 0.484 e. The number of benzene rings is 2. The molecule has 1 aliphatic heterocycles. The molecule has 5 nitrogen and oxygen atoms in total. The maximum absolute atomic E-state index is 13.2. The van der Waals surface area contributed by atoms with E-state index in [4.69, 9.17) is 4.74 Å². The molecule has 2 aromatic carbocycles. The molecule has 1 saturated heterocycles. The second-order valence-corrected chi connectivity index (χ2v) is 9.70. The van der Waals surface area contributed by atoms with Crippen molar-refractivity contribution in [3.8, 4) is 5.75 Å². The van der Waals surface area contributed by atoms with Crippen LogP contribution >= 0.6 is 0 Å². The van der Waals surface area contributed by atoms with Crippen molar-refractivity contribution in [2.45, 2.75) is 77.9 Å². The van der Waals surface area contributed by atoms with E-state index in [1.165, 1.54) is 31.4 Å². The molecule has 6 heteroatoms. The molecule has 35 heavy (non-hydrogen) atoms. The molecule has 0 unspecified atom stereocenters. The number of piperazine rings is 1. The van der Waals surface area contributed by atoms with E-state index < -0.39 is 0 Å².